The van der Waals surface area contributed by atoms with Crippen LogP contribution in [0.4, 0.5) is 0 Å². The largest absolute Gasteiger partial charge is 0.476 e. The van der Waals surface area contributed by atoms with Gasteiger partial charge in [-0.25, -0.2) is 19.9 Å². The third-order valence-corrected chi connectivity index (χ3v) is 2.69. The van der Waals surface area contributed by atoms with Crippen LogP contribution in [0, 0.1) is 0 Å². The van der Waals surface area contributed by atoms with Crippen molar-refractivity contribution in [1.29, 1.82) is 0 Å². The number of hydrogen-bond donors (Lipinski definition) is 2. The zero-order valence-corrected chi connectivity index (χ0v) is 10.6. The van der Waals surface area contributed by atoms with Gasteiger partial charge < -0.3 is 9.84 Å². The molecule has 0 amide bonds. The van der Waals surface area contributed by atoms with Crippen LogP contribution in [-0.4, -0.2) is 36.5 Å². The van der Waals surface area contributed by atoms with E-state index in [0.717, 1.165) is 11.1 Å². The maximum absolute atomic E-state index is 10.9. The second-order valence-corrected chi connectivity index (χ2v) is 4.05. The summed E-state index contributed by atoms with van der Waals surface area (Å²) in [5.74, 6) is -0.821. The molecule has 0 aliphatic carbocycles. The van der Waals surface area contributed by atoms with Crippen LogP contribution in [0.1, 0.15) is 17.9 Å². The van der Waals surface area contributed by atoms with Gasteiger partial charge in [-0.15, -0.1) is 0 Å². The van der Waals surface area contributed by atoms with E-state index >= 15 is 0 Å². The van der Waals surface area contributed by atoms with E-state index in [1.54, 1.807) is 24.5 Å². The number of nitrogens with one attached hydrogen (secondary N) is 1. The van der Waals surface area contributed by atoms with Gasteiger partial charge >= 0.3 is 5.97 Å². The molecule has 0 fully saturated rings. The minimum atomic E-state index is -1.19. The topological polar surface area (TPSA) is 114 Å². The zero-order valence-electron chi connectivity index (χ0n) is 10.6. The highest BCUT2D eigenvalue weighted by Gasteiger charge is 2.16. The zero-order chi connectivity index (χ0) is 14.7. The first kappa shape index (κ1) is 15.1. The standard InChI is InChI=1S/C13H9N5O3.CH4/c19-13(20)11-12(17-18-16-11)21-10-3-1-8(2-4-10)9-5-14-7-15-6-9;/h1-7H,(H,19,20)(H,16,17,18);1H4. The molecular formula is C14H13N5O3. The lowest BCUT2D eigenvalue weighted by Gasteiger charge is -2.04. The SMILES string of the molecule is C.O=C(O)c1[nH]nnc1Oc1ccc(-c2cncnc2)cc1. The number of hydrogen-bond acceptors (Lipinski definition) is 6. The van der Waals surface area contributed by atoms with Crippen molar-refractivity contribution >= 4 is 5.97 Å². The Labute approximate surface area is 125 Å². The fourth-order valence-corrected chi connectivity index (χ4v) is 1.70. The van der Waals surface area contributed by atoms with Gasteiger partial charge in [-0.1, -0.05) is 29.9 Å². The van der Waals surface area contributed by atoms with Crippen LogP contribution in [0.25, 0.3) is 11.1 Å². The van der Waals surface area contributed by atoms with Crippen LogP contribution in [0.15, 0.2) is 43.0 Å². The van der Waals surface area contributed by atoms with E-state index < -0.39 is 5.97 Å². The van der Waals surface area contributed by atoms with Crippen molar-refractivity contribution in [3.63, 3.8) is 0 Å². The van der Waals surface area contributed by atoms with E-state index in [9.17, 15) is 4.79 Å². The smallest absolute Gasteiger partial charge is 0.359 e. The summed E-state index contributed by atoms with van der Waals surface area (Å²) in [6.07, 6.45) is 4.85. The predicted octanol–water partition coefficient (Wildman–Crippen LogP) is 2.39. The van der Waals surface area contributed by atoms with Gasteiger partial charge in [-0.05, 0) is 17.7 Å². The summed E-state index contributed by atoms with van der Waals surface area (Å²) in [5, 5.41) is 18.2. The maximum atomic E-state index is 10.9. The number of carboxylic acid groups (broad SMARTS) is 1. The number of ether oxygens (including phenoxy) is 1. The lowest BCUT2D eigenvalue weighted by molar-refractivity contribution is 0.0687. The molecule has 1 aromatic carbocycles. The summed E-state index contributed by atoms with van der Waals surface area (Å²) in [7, 11) is 0. The van der Waals surface area contributed by atoms with Gasteiger partial charge in [-0.2, -0.15) is 0 Å². The number of H-pyrrole nitrogens is 1. The monoisotopic (exact) mass is 299 g/mol. The van der Waals surface area contributed by atoms with Crippen molar-refractivity contribution in [3.05, 3.63) is 48.7 Å². The molecule has 2 N–H and O–H groups in total. The number of carbonyl (C=O) groups is 1. The molecule has 8 nitrogen and oxygen atoms in total. The molecule has 22 heavy (non-hydrogen) atoms. The Morgan fingerprint density at radius 3 is 2.41 bits per heavy atom. The maximum Gasteiger partial charge on any atom is 0.359 e. The van der Waals surface area contributed by atoms with E-state index in [0.29, 0.717) is 5.75 Å². The van der Waals surface area contributed by atoms with Gasteiger partial charge in [-0.3, -0.25) is 0 Å². The fraction of sp³-hybridized carbons (Fsp3) is 0.0714. The number of aromatic amines is 1. The number of aromatic nitrogens is 5. The Bertz CT molecular complexity index is 756. The minimum Gasteiger partial charge on any atom is -0.476 e. The quantitative estimate of drug-likeness (QED) is 0.760. The molecule has 0 atom stereocenters. The van der Waals surface area contributed by atoms with Gasteiger partial charge in [0.1, 0.15) is 12.1 Å². The fourth-order valence-electron chi connectivity index (χ4n) is 1.70. The molecule has 0 radical (unpaired) electrons. The van der Waals surface area contributed by atoms with E-state index in [-0.39, 0.29) is 19.0 Å². The third-order valence-electron chi connectivity index (χ3n) is 2.69. The van der Waals surface area contributed by atoms with Gasteiger partial charge in [0.05, 0.1) is 0 Å². The molecule has 2 heterocycles. The number of nitrogens with zero attached hydrogens (tertiary/aromatic N) is 4. The summed E-state index contributed by atoms with van der Waals surface area (Å²) in [6.45, 7) is 0. The highest BCUT2D eigenvalue weighted by molar-refractivity contribution is 5.87. The highest BCUT2D eigenvalue weighted by Crippen LogP contribution is 2.25. The summed E-state index contributed by atoms with van der Waals surface area (Å²) < 4.78 is 5.38. The molecular weight excluding hydrogens is 286 g/mol. The van der Waals surface area contributed by atoms with Crippen LogP contribution < -0.4 is 4.74 Å². The lowest BCUT2D eigenvalue weighted by Crippen LogP contribution is -1.99. The van der Waals surface area contributed by atoms with Crippen molar-refractivity contribution in [1.82, 2.24) is 25.4 Å². The van der Waals surface area contributed by atoms with Crippen LogP contribution in [0.2, 0.25) is 0 Å². The molecule has 0 aliphatic rings. The summed E-state index contributed by atoms with van der Waals surface area (Å²) in [6, 6.07) is 7.02. The van der Waals surface area contributed by atoms with Crippen molar-refractivity contribution in [2.75, 3.05) is 0 Å². The van der Waals surface area contributed by atoms with Crippen LogP contribution in [0.5, 0.6) is 11.6 Å². The first-order valence-electron chi connectivity index (χ1n) is 5.91. The average Bonchev–Trinajstić information content (AvgIpc) is 2.97. The molecule has 0 bridgehead atoms. The summed E-state index contributed by atoms with van der Waals surface area (Å²) in [4.78, 5) is 18.8. The normalized spacial score (nSPS) is 9.82. The predicted molar refractivity (Wildman–Crippen MR) is 77.6 cm³/mol. The summed E-state index contributed by atoms with van der Waals surface area (Å²) >= 11 is 0. The van der Waals surface area contributed by atoms with E-state index in [1.165, 1.54) is 6.33 Å². The van der Waals surface area contributed by atoms with Gasteiger partial charge in [0, 0.05) is 18.0 Å². The summed E-state index contributed by atoms with van der Waals surface area (Å²) in [5.41, 5.74) is 1.59. The van der Waals surface area contributed by atoms with Crippen molar-refractivity contribution < 1.29 is 14.6 Å². The van der Waals surface area contributed by atoms with Crippen molar-refractivity contribution in [3.8, 4) is 22.8 Å². The van der Waals surface area contributed by atoms with E-state index in [1.807, 2.05) is 12.1 Å². The Morgan fingerprint density at radius 1 is 1.09 bits per heavy atom. The van der Waals surface area contributed by atoms with Crippen LogP contribution in [0.3, 0.4) is 0 Å². The number of benzene rings is 1. The van der Waals surface area contributed by atoms with Gasteiger partial charge in [0.25, 0.3) is 5.88 Å². The molecule has 0 saturated carbocycles. The molecule has 3 aromatic rings. The Morgan fingerprint density at radius 2 is 1.77 bits per heavy atom. The molecule has 0 aliphatic heterocycles. The first-order valence-corrected chi connectivity index (χ1v) is 5.91. The van der Waals surface area contributed by atoms with E-state index in [4.69, 9.17) is 9.84 Å². The number of aromatic carboxylic acids is 1. The molecule has 0 unspecified atom stereocenters. The molecule has 2 aromatic heterocycles. The third kappa shape index (κ3) is 3.06. The molecule has 0 spiro atoms. The van der Waals surface area contributed by atoms with E-state index in [2.05, 4.69) is 25.4 Å². The number of carboxylic acids is 1. The van der Waals surface area contributed by atoms with Crippen molar-refractivity contribution in [2.45, 2.75) is 7.43 Å². The average molecular weight is 299 g/mol. The van der Waals surface area contributed by atoms with Crippen molar-refractivity contribution in [2.24, 2.45) is 0 Å². The molecule has 0 saturated heterocycles. The highest BCUT2D eigenvalue weighted by atomic mass is 16.5. The Kier molecular flexibility index (Phi) is 4.42. The molecule has 3 rings (SSSR count). The molecule has 112 valence electrons. The Hall–Kier alpha value is -3.29. The van der Waals surface area contributed by atoms with Gasteiger partial charge in [0.15, 0.2) is 0 Å². The second kappa shape index (κ2) is 6.44. The Balaban J connectivity index is 0.00000176. The van der Waals surface area contributed by atoms with Crippen LogP contribution in [-0.2, 0) is 0 Å². The minimum absolute atomic E-state index is 0. The number of rotatable bonds is 4. The lowest BCUT2D eigenvalue weighted by atomic mass is 10.1. The van der Waals surface area contributed by atoms with Gasteiger partial charge in [0.2, 0.25) is 5.69 Å². The van der Waals surface area contributed by atoms with Crippen LogP contribution >= 0.6 is 0 Å². The molecule has 8 heteroatoms. The first-order chi connectivity index (χ1) is 10.2. The second-order valence-electron chi connectivity index (χ2n) is 4.05.